The van der Waals surface area contributed by atoms with Crippen molar-refractivity contribution >= 4 is 5.95 Å². The van der Waals surface area contributed by atoms with Crippen LogP contribution in [0, 0.1) is 6.92 Å². The third-order valence-corrected chi connectivity index (χ3v) is 2.23. The number of nitrogens with one attached hydrogen (secondary N) is 1. The van der Waals surface area contributed by atoms with Crippen LogP contribution in [0.15, 0.2) is 6.20 Å². The van der Waals surface area contributed by atoms with E-state index in [1.54, 1.807) is 0 Å². The van der Waals surface area contributed by atoms with Crippen LogP contribution in [0.1, 0.15) is 38.8 Å². The van der Waals surface area contributed by atoms with Gasteiger partial charge < -0.3 is 9.88 Å². The molecule has 0 radical (unpaired) electrons. The van der Waals surface area contributed by atoms with E-state index in [-0.39, 0.29) is 0 Å². The highest BCUT2D eigenvalue weighted by Gasteiger charge is 2.02. The van der Waals surface area contributed by atoms with Gasteiger partial charge in [-0.25, -0.2) is 4.98 Å². The Balaban J connectivity index is 2.54. The second-order valence-electron chi connectivity index (χ2n) is 3.64. The Labute approximate surface area is 86.5 Å². The molecule has 1 heterocycles. The quantitative estimate of drug-likeness (QED) is 0.707. The van der Waals surface area contributed by atoms with E-state index in [2.05, 4.69) is 34.9 Å². The highest BCUT2D eigenvalue weighted by molar-refractivity contribution is 5.28. The SMILES string of the molecule is CCCCCn1cc(C)nc1NCC. The number of hydrogen-bond donors (Lipinski definition) is 1. The van der Waals surface area contributed by atoms with Crippen LogP contribution >= 0.6 is 0 Å². The standard InChI is InChI=1S/C11H21N3/c1-4-6-7-8-14-9-10(3)13-11(14)12-5-2/h9H,4-8H2,1-3H3,(H,12,13). The Morgan fingerprint density at radius 2 is 2.14 bits per heavy atom. The summed E-state index contributed by atoms with van der Waals surface area (Å²) < 4.78 is 2.22. The third-order valence-electron chi connectivity index (χ3n) is 2.23. The van der Waals surface area contributed by atoms with Crippen LogP contribution in [-0.4, -0.2) is 16.1 Å². The largest absolute Gasteiger partial charge is 0.356 e. The lowest BCUT2D eigenvalue weighted by molar-refractivity contribution is 0.605. The Morgan fingerprint density at radius 1 is 1.36 bits per heavy atom. The van der Waals surface area contributed by atoms with Gasteiger partial charge in [-0.3, -0.25) is 0 Å². The molecule has 0 spiro atoms. The van der Waals surface area contributed by atoms with E-state index in [1.807, 2.05) is 6.92 Å². The average molecular weight is 195 g/mol. The van der Waals surface area contributed by atoms with Crippen molar-refractivity contribution in [3.63, 3.8) is 0 Å². The van der Waals surface area contributed by atoms with Gasteiger partial charge in [-0.15, -0.1) is 0 Å². The molecule has 0 fully saturated rings. The average Bonchev–Trinajstić information content (AvgIpc) is 2.48. The zero-order valence-corrected chi connectivity index (χ0v) is 9.51. The van der Waals surface area contributed by atoms with Crippen molar-refractivity contribution in [3.8, 4) is 0 Å². The summed E-state index contributed by atoms with van der Waals surface area (Å²) in [6.07, 6.45) is 5.92. The fourth-order valence-electron chi connectivity index (χ4n) is 1.55. The molecule has 0 unspecified atom stereocenters. The van der Waals surface area contributed by atoms with Gasteiger partial charge in [0.1, 0.15) is 0 Å². The molecule has 0 saturated heterocycles. The van der Waals surface area contributed by atoms with Crippen molar-refractivity contribution in [1.29, 1.82) is 0 Å². The van der Waals surface area contributed by atoms with Gasteiger partial charge in [0, 0.05) is 19.3 Å². The smallest absolute Gasteiger partial charge is 0.203 e. The van der Waals surface area contributed by atoms with E-state index in [4.69, 9.17) is 0 Å². The molecule has 3 heteroatoms. The van der Waals surface area contributed by atoms with Crippen LogP contribution in [0.25, 0.3) is 0 Å². The molecule has 0 aliphatic rings. The number of rotatable bonds is 6. The molecule has 1 aromatic rings. The molecule has 1 rings (SSSR count). The van der Waals surface area contributed by atoms with Crippen molar-refractivity contribution < 1.29 is 0 Å². The first-order valence-corrected chi connectivity index (χ1v) is 5.55. The molecule has 0 aliphatic carbocycles. The maximum Gasteiger partial charge on any atom is 0.203 e. The minimum Gasteiger partial charge on any atom is -0.356 e. The monoisotopic (exact) mass is 195 g/mol. The molecule has 0 amide bonds. The Hall–Kier alpha value is -0.990. The van der Waals surface area contributed by atoms with Crippen molar-refractivity contribution in [2.45, 2.75) is 46.6 Å². The van der Waals surface area contributed by atoms with Gasteiger partial charge in [-0.1, -0.05) is 19.8 Å². The summed E-state index contributed by atoms with van der Waals surface area (Å²) in [5.41, 5.74) is 1.09. The fourth-order valence-corrected chi connectivity index (χ4v) is 1.55. The molecular formula is C11H21N3. The van der Waals surface area contributed by atoms with Crippen molar-refractivity contribution in [2.24, 2.45) is 0 Å². The normalized spacial score (nSPS) is 10.5. The molecular weight excluding hydrogens is 174 g/mol. The minimum atomic E-state index is 0.935. The van der Waals surface area contributed by atoms with E-state index in [0.29, 0.717) is 0 Å². The van der Waals surface area contributed by atoms with Crippen LogP contribution in [-0.2, 0) is 6.54 Å². The number of aromatic nitrogens is 2. The number of aryl methyl sites for hydroxylation is 2. The van der Waals surface area contributed by atoms with E-state index >= 15 is 0 Å². The van der Waals surface area contributed by atoms with Gasteiger partial charge in [-0.2, -0.15) is 0 Å². The lowest BCUT2D eigenvalue weighted by Gasteiger charge is -2.07. The lowest BCUT2D eigenvalue weighted by atomic mass is 10.2. The predicted octanol–water partition coefficient (Wildman–Crippen LogP) is 2.81. The first kappa shape index (κ1) is 11.1. The van der Waals surface area contributed by atoms with Crippen molar-refractivity contribution in [3.05, 3.63) is 11.9 Å². The lowest BCUT2D eigenvalue weighted by Crippen LogP contribution is -2.06. The first-order chi connectivity index (χ1) is 6.77. The number of imidazole rings is 1. The highest BCUT2D eigenvalue weighted by atomic mass is 15.2. The second-order valence-corrected chi connectivity index (χ2v) is 3.64. The maximum absolute atomic E-state index is 4.43. The summed E-state index contributed by atoms with van der Waals surface area (Å²) in [6, 6.07) is 0. The Bertz CT molecular complexity index is 265. The fraction of sp³-hybridized carbons (Fsp3) is 0.727. The minimum absolute atomic E-state index is 0.935. The van der Waals surface area contributed by atoms with E-state index in [0.717, 1.165) is 24.7 Å². The van der Waals surface area contributed by atoms with Crippen LogP contribution in [0.5, 0.6) is 0 Å². The summed E-state index contributed by atoms with van der Waals surface area (Å²) in [5.74, 6) is 1.01. The van der Waals surface area contributed by atoms with Crippen LogP contribution in [0.3, 0.4) is 0 Å². The van der Waals surface area contributed by atoms with Gasteiger partial charge in [-0.05, 0) is 20.3 Å². The summed E-state index contributed by atoms with van der Waals surface area (Å²) in [7, 11) is 0. The van der Waals surface area contributed by atoms with Crippen LogP contribution in [0.2, 0.25) is 0 Å². The van der Waals surface area contributed by atoms with Crippen molar-refractivity contribution in [1.82, 2.24) is 9.55 Å². The molecule has 1 N–H and O–H groups in total. The van der Waals surface area contributed by atoms with Crippen LogP contribution < -0.4 is 5.32 Å². The summed E-state index contributed by atoms with van der Waals surface area (Å²) in [4.78, 5) is 4.43. The number of anilines is 1. The topological polar surface area (TPSA) is 29.9 Å². The van der Waals surface area contributed by atoms with Gasteiger partial charge >= 0.3 is 0 Å². The molecule has 1 aromatic heterocycles. The van der Waals surface area contributed by atoms with Crippen molar-refractivity contribution in [2.75, 3.05) is 11.9 Å². The van der Waals surface area contributed by atoms with E-state index in [9.17, 15) is 0 Å². The zero-order chi connectivity index (χ0) is 10.4. The molecule has 0 aliphatic heterocycles. The highest BCUT2D eigenvalue weighted by Crippen LogP contribution is 2.10. The zero-order valence-electron chi connectivity index (χ0n) is 9.51. The van der Waals surface area contributed by atoms with E-state index in [1.165, 1.54) is 19.3 Å². The van der Waals surface area contributed by atoms with Gasteiger partial charge in [0.05, 0.1) is 5.69 Å². The van der Waals surface area contributed by atoms with Gasteiger partial charge in [0.2, 0.25) is 5.95 Å². The van der Waals surface area contributed by atoms with Gasteiger partial charge in [0.25, 0.3) is 0 Å². The van der Waals surface area contributed by atoms with Gasteiger partial charge in [0.15, 0.2) is 0 Å². The molecule has 0 bridgehead atoms. The molecule has 3 nitrogen and oxygen atoms in total. The Morgan fingerprint density at radius 3 is 2.79 bits per heavy atom. The van der Waals surface area contributed by atoms with E-state index < -0.39 is 0 Å². The van der Waals surface area contributed by atoms with Crippen LogP contribution in [0.4, 0.5) is 5.95 Å². The second kappa shape index (κ2) is 5.68. The summed E-state index contributed by atoms with van der Waals surface area (Å²) >= 11 is 0. The predicted molar refractivity (Wildman–Crippen MR) is 60.7 cm³/mol. The third kappa shape index (κ3) is 3.05. The number of unbranched alkanes of at least 4 members (excludes halogenated alkanes) is 2. The number of hydrogen-bond acceptors (Lipinski definition) is 2. The molecule has 0 aromatic carbocycles. The summed E-state index contributed by atoms with van der Waals surface area (Å²) in [6.45, 7) is 8.38. The summed E-state index contributed by atoms with van der Waals surface area (Å²) in [5, 5.41) is 3.28. The molecule has 0 atom stereocenters. The number of nitrogens with zero attached hydrogens (tertiary/aromatic N) is 2. The Kier molecular flexibility index (Phi) is 4.50. The maximum atomic E-state index is 4.43. The molecule has 80 valence electrons. The molecule has 14 heavy (non-hydrogen) atoms. The molecule has 0 saturated carbocycles. The first-order valence-electron chi connectivity index (χ1n) is 5.55.